The molecular weight excluding hydrogens is 186 g/mol. The molecule has 0 aliphatic heterocycles. The molecule has 2 heteroatoms. The van der Waals surface area contributed by atoms with Crippen LogP contribution in [0.2, 0.25) is 0 Å². The molecule has 0 saturated heterocycles. The second kappa shape index (κ2) is 5.76. The Bertz CT molecular complexity index is 305. The van der Waals surface area contributed by atoms with Crippen LogP contribution >= 0.6 is 0 Å². The monoisotopic (exact) mass is 207 g/mol. The van der Waals surface area contributed by atoms with E-state index in [1.807, 2.05) is 0 Å². The maximum atomic E-state index is 9.09. The van der Waals surface area contributed by atoms with Crippen molar-refractivity contribution in [2.75, 3.05) is 18.5 Å². The van der Waals surface area contributed by atoms with Gasteiger partial charge in [-0.25, -0.2) is 0 Å². The number of aliphatic hydroxyl groups excluding tert-OH is 1. The van der Waals surface area contributed by atoms with Gasteiger partial charge >= 0.3 is 0 Å². The molecule has 0 amide bonds. The summed E-state index contributed by atoms with van der Waals surface area (Å²) in [6.07, 6.45) is 1.01. The fourth-order valence-corrected chi connectivity index (χ4v) is 1.53. The summed E-state index contributed by atoms with van der Waals surface area (Å²) in [6.45, 7) is 7.44. The number of nitrogens with one attached hydrogen (secondary N) is 1. The van der Waals surface area contributed by atoms with Gasteiger partial charge in [0.1, 0.15) is 0 Å². The van der Waals surface area contributed by atoms with Crippen LogP contribution in [0.3, 0.4) is 0 Å². The van der Waals surface area contributed by atoms with Crippen molar-refractivity contribution in [1.29, 1.82) is 0 Å². The molecule has 1 aromatic rings. The third-order valence-electron chi connectivity index (χ3n) is 3.02. The van der Waals surface area contributed by atoms with Crippen molar-refractivity contribution in [1.82, 2.24) is 0 Å². The predicted octanol–water partition coefficient (Wildman–Crippen LogP) is 2.73. The highest BCUT2D eigenvalue weighted by Gasteiger charge is 2.05. The van der Waals surface area contributed by atoms with Gasteiger partial charge in [0.05, 0.1) is 0 Å². The van der Waals surface area contributed by atoms with Gasteiger partial charge in [0, 0.05) is 18.8 Å². The van der Waals surface area contributed by atoms with Crippen LogP contribution in [0, 0.1) is 19.8 Å². The first kappa shape index (κ1) is 12.1. The van der Waals surface area contributed by atoms with Gasteiger partial charge < -0.3 is 10.4 Å². The Kier molecular flexibility index (Phi) is 4.63. The molecule has 1 rings (SSSR count). The lowest BCUT2D eigenvalue weighted by atomic mass is 10.1. The van der Waals surface area contributed by atoms with E-state index < -0.39 is 0 Å². The van der Waals surface area contributed by atoms with Crippen molar-refractivity contribution in [3.8, 4) is 0 Å². The lowest BCUT2D eigenvalue weighted by Crippen LogP contribution is -2.17. The minimum Gasteiger partial charge on any atom is -0.396 e. The van der Waals surface area contributed by atoms with Crippen LogP contribution in [0.15, 0.2) is 18.2 Å². The lowest BCUT2D eigenvalue weighted by Gasteiger charge is -2.16. The minimum absolute atomic E-state index is 0.258. The molecule has 2 N–H and O–H groups in total. The number of anilines is 1. The van der Waals surface area contributed by atoms with E-state index in [-0.39, 0.29) is 6.61 Å². The standard InChI is InChI=1S/C13H21NO/c1-4-12(9-15)8-14-13-7-5-6-10(2)11(13)3/h5-7,12,14-15H,4,8-9H2,1-3H3. The summed E-state index contributed by atoms with van der Waals surface area (Å²) in [4.78, 5) is 0. The molecule has 0 bridgehead atoms. The maximum absolute atomic E-state index is 9.09. The molecule has 84 valence electrons. The highest BCUT2D eigenvalue weighted by atomic mass is 16.3. The maximum Gasteiger partial charge on any atom is 0.0475 e. The van der Waals surface area contributed by atoms with E-state index >= 15 is 0 Å². The summed E-state index contributed by atoms with van der Waals surface area (Å²) in [5.74, 6) is 0.352. The first-order valence-electron chi connectivity index (χ1n) is 5.60. The number of aliphatic hydroxyl groups is 1. The molecule has 1 atom stereocenters. The van der Waals surface area contributed by atoms with E-state index in [4.69, 9.17) is 5.11 Å². The molecule has 0 aromatic heterocycles. The molecule has 0 heterocycles. The fourth-order valence-electron chi connectivity index (χ4n) is 1.53. The largest absolute Gasteiger partial charge is 0.396 e. The lowest BCUT2D eigenvalue weighted by molar-refractivity contribution is 0.230. The molecular formula is C13H21NO. The van der Waals surface area contributed by atoms with Gasteiger partial charge in [0.25, 0.3) is 0 Å². The first-order valence-corrected chi connectivity index (χ1v) is 5.60. The molecule has 0 spiro atoms. The van der Waals surface area contributed by atoms with Crippen molar-refractivity contribution >= 4 is 5.69 Å². The zero-order valence-corrected chi connectivity index (χ0v) is 9.88. The van der Waals surface area contributed by atoms with Gasteiger partial charge in [-0.15, -0.1) is 0 Å². The number of hydrogen-bond donors (Lipinski definition) is 2. The summed E-state index contributed by atoms with van der Waals surface area (Å²) in [5, 5.41) is 12.5. The summed E-state index contributed by atoms with van der Waals surface area (Å²) in [6, 6.07) is 6.26. The molecule has 15 heavy (non-hydrogen) atoms. The van der Waals surface area contributed by atoms with Gasteiger partial charge in [-0.05, 0) is 43.4 Å². The van der Waals surface area contributed by atoms with E-state index in [1.165, 1.54) is 16.8 Å². The molecule has 0 radical (unpaired) electrons. The first-order chi connectivity index (χ1) is 7.19. The quantitative estimate of drug-likeness (QED) is 0.778. The molecule has 1 unspecified atom stereocenters. The van der Waals surface area contributed by atoms with Crippen LogP contribution in [0.4, 0.5) is 5.69 Å². The smallest absolute Gasteiger partial charge is 0.0475 e. The summed E-state index contributed by atoms with van der Waals surface area (Å²) in [7, 11) is 0. The minimum atomic E-state index is 0.258. The van der Waals surface area contributed by atoms with Crippen molar-refractivity contribution < 1.29 is 5.11 Å². The Labute approximate surface area is 92.3 Å². The van der Waals surface area contributed by atoms with E-state index in [0.717, 1.165) is 13.0 Å². The highest BCUT2D eigenvalue weighted by molar-refractivity contribution is 5.53. The summed E-state index contributed by atoms with van der Waals surface area (Å²) in [5.41, 5.74) is 3.78. The Hall–Kier alpha value is -1.02. The topological polar surface area (TPSA) is 32.3 Å². The second-order valence-corrected chi connectivity index (χ2v) is 4.09. The van der Waals surface area contributed by atoms with Crippen molar-refractivity contribution in [2.45, 2.75) is 27.2 Å². The van der Waals surface area contributed by atoms with Crippen molar-refractivity contribution in [3.63, 3.8) is 0 Å². The molecule has 0 aliphatic rings. The Morgan fingerprint density at radius 2 is 2.07 bits per heavy atom. The normalized spacial score (nSPS) is 12.5. The third kappa shape index (κ3) is 3.24. The van der Waals surface area contributed by atoms with Gasteiger partial charge in [-0.1, -0.05) is 19.1 Å². The second-order valence-electron chi connectivity index (χ2n) is 4.09. The van der Waals surface area contributed by atoms with Crippen molar-refractivity contribution in [3.05, 3.63) is 29.3 Å². The highest BCUT2D eigenvalue weighted by Crippen LogP contribution is 2.18. The van der Waals surface area contributed by atoms with E-state index in [1.54, 1.807) is 0 Å². The molecule has 1 aromatic carbocycles. The summed E-state index contributed by atoms with van der Waals surface area (Å²) < 4.78 is 0. The summed E-state index contributed by atoms with van der Waals surface area (Å²) >= 11 is 0. The number of rotatable bonds is 5. The average Bonchev–Trinajstić information content (AvgIpc) is 2.25. The molecule has 0 saturated carbocycles. The van der Waals surface area contributed by atoms with Gasteiger partial charge in [0.15, 0.2) is 0 Å². The molecule has 2 nitrogen and oxygen atoms in total. The average molecular weight is 207 g/mol. The van der Waals surface area contributed by atoms with Gasteiger partial charge in [-0.2, -0.15) is 0 Å². The third-order valence-corrected chi connectivity index (χ3v) is 3.02. The fraction of sp³-hybridized carbons (Fsp3) is 0.538. The van der Waals surface area contributed by atoms with Crippen LogP contribution < -0.4 is 5.32 Å². The Morgan fingerprint density at radius 3 is 2.67 bits per heavy atom. The van der Waals surface area contributed by atoms with E-state index in [2.05, 4.69) is 44.3 Å². The zero-order valence-electron chi connectivity index (χ0n) is 9.88. The van der Waals surface area contributed by atoms with Gasteiger partial charge in [-0.3, -0.25) is 0 Å². The zero-order chi connectivity index (χ0) is 11.3. The number of aryl methyl sites for hydroxylation is 1. The van der Waals surface area contributed by atoms with Crippen LogP contribution in [0.25, 0.3) is 0 Å². The van der Waals surface area contributed by atoms with Crippen LogP contribution in [-0.2, 0) is 0 Å². The Balaban J connectivity index is 2.61. The Morgan fingerprint density at radius 1 is 1.33 bits per heavy atom. The number of hydrogen-bond acceptors (Lipinski definition) is 2. The van der Waals surface area contributed by atoms with Gasteiger partial charge in [0.2, 0.25) is 0 Å². The SMILES string of the molecule is CCC(CO)CNc1cccc(C)c1C. The van der Waals surface area contributed by atoms with Crippen LogP contribution in [0.1, 0.15) is 24.5 Å². The number of benzene rings is 1. The van der Waals surface area contributed by atoms with Crippen molar-refractivity contribution in [2.24, 2.45) is 5.92 Å². The molecule has 0 aliphatic carbocycles. The van der Waals surface area contributed by atoms with E-state index in [0.29, 0.717) is 5.92 Å². The van der Waals surface area contributed by atoms with Crippen LogP contribution in [-0.4, -0.2) is 18.3 Å². The predicted molar refractivity (Wildman–Crippen MR) is 65.3 cm³/mol. The van der Waals surface area contributed by atoms with Crippen LogP contribution in [0.5, 0.6) is 0 Å². The molecule has 0 fully saturated rings. The van der Waals surface area contributed by atoms with E-state index in [9.17, 15) is 0 Å².